The van der Waals surface area contributed by atoms with Crippen LogP contribution in [0.5, 0.6) is 0 Å². The van der Waals surface area contributed by atoms with Gasteiger partial charge in [-0.15, -0.1) is 0 Å². The summed E-state index contributed by atoms with van der Waals surface area (Å²) < 4.78 is 60.8. The maximum Gasteiger partial charge on any atom is 0.417 e. The molecule has 0 spiro atoms. The summed E-state index contributed by atoms with van der Waals surface area (Å²) in [5, 5.41) is 20.4. The molecule has 42 heavy (non-hydrogen) atoms. The zero-order valence-electron chi connectivity index (χ0n) is 24.6. The quantitative estimate of drug-likeness (QED) is 0.176. The van der Waals surface area contributed by atoms with Crippen LogP contribution in [0.25, 0.3) is 0 Å². The maximum atomic E-state index is 14.5. The van der Waals surface area contributed by atoms with Crippen molar-refractivity contribution in [3.8, 4) is 11.8 Å². The Morgan fingerprint density at radius 3 is 2.50 bits per heavy atom. The van der Waals surface area contributed by atoms with Gasteiger partial charge in [0.05, 0.1) is 26.4 Å². The van der Waals surface area contributed by atoms with E-state index in [4.69, 9.17) is 30.9 Å². The Balaban J connectivity index is 1.55. The van der Waals surface area contributed by atoms with E-state index in [1.807, 2.05) is 24.3 Å². The second-order valence-electron chi connectivity index (χ2n) is 13.5. The lowest BCUT2D eigenvalue weighted by atomic mass is 9.51. The van der Waals surface area contributed by atoms with Crippen molar-refractivity contribution in [2.24, 2.45) is 28.6 Å². The molecule has 2 N–H and O–H groups in total. The van der Waals surface area contributed by atoms with Gasteiger partial charge in [0.25, 0.3) is 0 Å². The monoisotopic (exact) mass is 610 g/mol. The minimum absolute atomic E-state index is 0.0330. The van der Waals surface area contributed by atoms with E-state index < -0.39 is 22.9 Å². The van der Waals surface area contributed by atoms with E-state index in [2.05, 4.69) is 25.7 Å². The number of ether oxygens (including phenoxy) is 3. The smallest absolute Gasteiger partial charge is 0.380 e. The Labute approximate surface area is 251 Å². The minimum Gasteiger partial charge on any atom is -0.380 e. The highest BCUT2D eigenvalue weighted by atomic mass is 35.5. The number of benzene rings is 1. The van der Waals surface area contributed by atoms with Crippen molar-refractivity contribution in [2.45, 2.75) is 82.7 Å². The van der Waals surface area contributed by atoms with Gasteiger partial charge in [0.15, 0.2) is 5.60 Å². The molecule has 6 unspecified atom stereocenters. The lowest BCUT2D eigenvalue weighted by Crippen LogP contribution is -2.59. The van der Waals surface area contributed by atoms with Gasteiger partial charge in [-0.2, -0.15) is 13.2 Å². The molecule has 0 aromatic heterocycles. The van der Waals surface area contributed by atoms with E-state index in [0.717, 1.165) is 30.4 Å². The fourth-order valence-electron chi connectivity index (χ4n) is 8.25. The van der Waals surface area contributed by atoms with E-state index >= 15 is 0 Å². The number of allylic oxidation sites excluding steroid dienone is 1. The highest BCUT2D eigenvalue weighted by molar-refractivity contribution is 6.18. The maximum absolute atomic E-state index is 14.5. The number of halogens is 4. The summed E-state index contributed by atoms with van der Waals surface area (Å²) in [4.78, 5) is 0. The molecule has 1 aliphatic heterocycles. The summed E-state index contributed by atoms with van der Waals surface area (Å²) in [6.07, 6.45) is -2.00. The third kappa shape index (κ3) is 6.03. The fraction of sp³-hybridized carbons (Fsp3) is 0.697. The highest BCUT2D eigenvalue weighted by Gasteiger charge is 2.72. The van der Waals surface area contributed by atoms with Crippen LogP contribution in [0, 0.1) is 40.4 Å². The van der Waals surface area contributed by atoms with Crippen LogP contribution >= 0.6 is 11.6 Å². The molecule has 7 atom stereocenters. The minimum atomic E-state index is -4.70. The second-order valence-corrected chi connectivity index (χ2v) is 13.9. The highest BCUT2D eigenvalue weighted by Crippen LogP contribution is 2.69. The molecule has 0 bridgehead atoms. The fourth-order valence-corrected chi connectivity index (χ4v) is 8.31. The van der Waals surface area contributed by atoms with Crippen LogP contribution in [0.1, 0.15) is 76.3 Å². The van der Waals surface area contributed by atoms with Crippen LogP contribution in [-0.2, 0) is 14.2 Å². The molecular formula is C33H42ClF3O5. The number of hydrogen-bond acceptors (Lipinski definition) is 5. The van der Waals surface area contributed by atoms with Crippen molar-refractivity contribution in [1.82, 2.24) is 0 Å². The largest absolute Gasteiger partial charge is 0.417 e. The topological polar surface area (TPSA) is 68.2 Å². The van der Waals surface area contributed by atoms with E-state index in [9.17, 15) is 18.3 Å². The van der Waals surface area contributed by atoms with Crippen molar-refractivity contribution < 1.29 is 37.6 Å². The number of rotatable bonds is 3. The van der Waals surface area contributed by atoms with Gasteiger partial charge in [-0.05, 0) is 68.1 Å². The molecule has 9 heteroatoms. The molecule has 3 aliphatic carbocycles. The predicted octanol–water partition coefficient (Wildman–Crippen LogP) is 6.55. The molecule has 4 aliphatic rings. The van der Waals surface area contributed by atoms with Crippen LogP contribution in [0.4, 0.5) is 13.2 Å². The van der Waals surface area contributed by atoms with E-state index in [1.54, 1.807) is 6.92 Å². The number of aliphatic hydroxyl groups is 2. The lowest BCUT2D eigenvalue weighted by molar-refractivity contribution is -0.299. The Bertz CT molecular complexity index is 1220. The molecule has 0 radical (unpaired) electrons. The van der Waals surface area contributed by atoms with Crippen molar-refractivity contribution in [1.29, 1.82) is 0 Å². The molecule has 2 saturated carbocycles. The summed E-state index contributed by atoms with van der Waals surface area (Å²) in [5.74, 6) is 3.99. The van der Waals surface area contributed by atoms with Crippen molar-refractivity contribution in [3.63, 3.8) is 0 Å². The Kier molecular flexibility index (Phi) is 9.14. The van der Waals surface area contributed by atoms with Crippen molar-refractivity contribution in [3.05, 3.63) is 46.5 Å². The first-order valence-corrected chi connectivity index (χ1v) is 15.4. The summed E-state index contributed by atoms with van der Waals surface area (Å²) in [6.45, 7) is 8.25. The first kappa shape index (κ1) is 31.8. The normalized spacial score (nSPS) is 35.7. The first-order chi connectivity index (χ1) is 19.8. The van der Waals surface area contributed by atoms with Crippen LogP contribution in [0.15, 0.2) is 35.4 Å². The molecule has 232 valence electrons. The van der Waals surface area contributed by atoms with Gasteiger partial charge in [0, 0.05) is 28.2 Å². The van der Waals surface area contributed by atoms with Crippen LogP contribution in [0.2, 0.25) is 0 Å². The average molecular weight is 611 g/mol. The van der Waals surface area contributed by atoms with Gasteiger partial charge >= 0.3 is 6.18 Å². The Morgan fingerprint density at radius 1 is 1.10 bits per heavy atom. The molecule has 0 amide bonds. The number of alkyl halides is 4. The average Bonchev–Trinajstić information content (AvgIpc) is 3.20. The zero-order valence-corrected chi connectivity index (χ0v) is 25.4. The number of hydrogen-bond donors (Lipinski definition) is 2. The van der Waals surface area contributed by atoms with Gasteiger partial charge in [0.2, 0.25) is 5.75 Å². The SMILES string of the molecule is CC1(C)COCCC2=C3C(c4ccc(C#CCOC(O)Cl)cc4)CC4(C)C(CC[C@@]4(O)C(F)(F)F)C3CCC2COC1. The molecule has 1 aromatic carbocycles. The Morgan fingerprint density at radius 2 is 1.81 bits per heavy atom. The molecule has 1 saturated heterocycles. The lowest BCUT2D eigenvalue weighted by Gasteiger charge is -2.55. The van der Waals surface area contributed by atoms with Crippen molar-refractivity contribution in [2.75, 3.05) is 33.0 Å². The summed E-state index contributed by atoms with van der Waals surface area (Å²) in [6, 6.07) is 7.61. The summed E-state index contributed by atoms with van der Waals surface area (Å²) in [5.41, 5.74) is 0.0704. The third-order valence-corrected chi connectivity index (χ3v) is 10.4. The van der Waals surface area contributed by atoms with Crippen LogP contribution in [0.3, 0.4) is 0 Å². The van der Waals surface area contributed by atoms with E-state index in [1.165, 1.54) is 11.1 Å². The second kappa shape index (κ2) is 12.1. The molecule has 5 rings (SSSR count). The summed E-state index contributed by atoms with van der Waals surface area (Å²) in [7, 11) is 0. The van der Waals surface area contributed by atoms with Gasteiger partial charge in [0.1, 0.15) is 6.61 Å². The standard InChI is InChI=1S/C33H42ClF3O5/c1-30(2)19-40-16-13-24-23(18-41-20-30)10-11-25-27-12-14-32(39,33(35,36)37)31(27,3)17-26(28(24)25)22-8-6-21(7-9-22)5-4-15-42-29(34)38/h6-9,23,25-27,29,38-39H,10-20H2,1-3H3/t23?,25?,26?,27?,29?,31?,32-/m0/s1. The Hall–Kier alpha value is -1.60. The summed E-state index contributed by atoms with van der Waals surface area (Å²) >= 11 is 5.37. The molecule has 3 fully saturated rings. The number of fused-ring (bicyclic) bond motifs is 4. The van der Waals surface area contributed by atoms with Crippen LogP contribution in [-0.4, -0.2) is 60.8 Å². The van der Waals surface area contributed by atoms with E-state index in [0.29, 0.717) is 32.8 Å². The van der Waals surface area contributed by atoms with Gasteiger partial charge in [-0.1, -0.05) is 67.5 Å². The van der Waals surface area contributed by atoms with E-state index in [-0.39, 0.29) is 48.5 Å². The number of aliphatic hydroxyl groups excluding tert-OH is 1. The molecular weight excluding hydrogens is 569 g/mol. The third-order valence-electron chi connectivity index (χ3n) is 10.3. The van der Waals surface area contributed by atoms with Crippen molar-refractivity contribution >= 4 is 11.6 Å². The van der Waals surface area contributed by atoms with Gasteiger partial charge < -0.3 is 24.4 Å². The zero-order chi connectivity index (χ0) is 30.3. The predicted molar refractivity (Wildman–Crippen MR) is 154 cm³/mol. The van der Waals surface area contributed by atoms with Gasteiger partial charge in [-0.25, -0.2) is 0 Å². The first-order valence-electron chi connectivity index (χ1n) is 15.0. The molecule has 1 aromatic rings. The van der Waals surface area contributed by atoms with Gasteiger partial charge in [-0.3, -0.25) is 0 Å². The molecule has 1 heterocycles. The van der Waals surface area contributed by atoms with Crippen LogP contribution < -0.4 is 0 Å². The molecule has 5 nitrogen and oxygen atoms in total.